The van der Waals surface area contributed by atoms with Gasteiger partial charge in [0.25, 0.3) is 0 Å². The number of hydrogen-bond donors (Lipinski definition) is 2. The third kappa shape index (κ3) is 2.49. The van der Waals surface area contributed by atoms with Crippen molar-refractivity contribution in [1.82, 2.24) is 0 Å². The molecule has 0 saturated heterocycles. The number of nitrogens with zero attached hydrogens (tertiary/aromatic N) is 1. The van der Waals surface area contributed by atoms with Gasteiger partial charge in [-0.15, -0.1) is 0 Å². The summed E-state index contributed by atoms with van der Waals surface area (Å²) in [7, 11) is 0. The van der Waals surface area contributed by atoms with Crippen LogP contribution >= 0.6 is 0 Å². The first kappa shape index (κ1) is 11.7. The molecule has 5 nitrogen and oxygen atoms in total. The molecule has 0 spiro atoms. The highest BCUT2D eigenvalue weighted by molar-refractivity contribution is 5.74. The van der Waals surface area contributed by atoms with Crippen LogP contribution < -0.4 is 11.1 Å². The molecule has 1 saturated carbocycles. The van der Waals surface area contributed by atoms with Crippen LogP contribution in [0.5, 0.6) is 0 Å². The van der Waals surface area contributed by atoms with Crippen molar-refractivity contribution in [2.24, 2.45) is 5.92 Å². The zero-order valence-corrected chi connectivity index (χ0v) is 9.85. The van der Waals surface area contributed by atoms with Crippen molar-refractivity contribution in [3.63, 3.8) is 0 Å². The lowest BCUT2D eigenvalue weighted by molar-refractivity contribution is -0.383. The summed E-state index contributed by atoms with van der Waals surface area (Å²) in [6, 6.07) is 5.34. The monoisotopic (exact) mass is 235 g/mol. The zero-order chi connectivity index (χ0) is 12.4. The van der Waals surface area contributed by atoms with Crippen LogP contribution in [0.25, 0.3) is 0 Å². The molecule has 3 N–H and O–H groups in total. The summed E-state index contributed by atoms with van der Waals surface area (Å²) in [5, 5.41) is 14.2. The van der Waals surface area contributed by atoms with E-state index in [1.165, 1.54) is 6.42 Å². The summed E-state index contributed by atoms with van der Waals surface area (Å²) in [5.41, 5.74) is 6.38. The molecule has 2 unspecified atom stereocenters. The lowest BCUT2D eigenvalue weighted by Crippen LogP contribution is -2.16. The second kappa shape index (κ2) is 4.61. The lowest BCUT2D eigenvalue weighted by atomic mass is 10.1. The van der Waals surface area contributed by atoms with E-state index in [-0.39, 0.29) is 11.4 Å². The molecule has 0 aromatic heterocycles. The lowest BCUT2D eigenvalue weighted by Gasteiger charge is -2.14. The smallest absolute Gasteiger partial charge is 0.314 e. The van der Waals surface area contributed by atoms with Gasteiger partial charge in [0, 0.05) is 6.04 Å². The van der Waals surface area contributed by atoms with Gasteiger partial charge in [-0.25, -0.2) is 0 Å². The van der Waals surface area contributed by atoms with Gasteiger partial charge >= 0.3 is 5.69 Å². The van der Waals surface area contributed by atoms with E-state index >= 15 is 0 Å². The predicted molar refractivity (Wildman–Crippen MR) is 67.9 cm³/mol. The minimum atomic E-state index is -0.421. The molecule has 0 radical (unpaired) electrons. The molecular weight excluding hydrogens is 218 g/mol. The average Bonchev–Trinajstić information content (AvgIpc) is 2.63. The highest BCUT2D eigenvalue weighted by Gasteiger charge is 2.24. The molecule has 2 rings (SSSR count). The molecule has 1 aromatic carbocycles. The Kier molecular flexibility index (Phi) is 3.17. The number of nitro benzene ring substituents is 1. The maximum Gasteiger partial charge on any atom is 0.314 e. The van der Waals surface area contributed by atoms with E-state index in [1.54, 1.807) is 18.2 Å². The molecule has 0 aliphatic heterocycles. The van der Waals surface area contributed by atoms with Gasteiger partial charge in [0.15, 0.2) is 0 Å². The van der Waals surface area contributed by atoms with E-state index in [1.807, 2.05) is 0 Å². The number of nitro groups is 1. The van der Waals surface area contributed by atoms with Gasteiger partial charge in [0.2, 0.25) is 0 Å². The van der Waals surface area contributed by atoms with Crippen molar-refractivity contribution >= 4 is 17.1 Å². The third-order valence-electron chi connectivity index (χ3n) is 3.30. The number of nitrogens with one attached hydrogen (secondary N) is 1. The first-order valence-electron chi connectivity index (χ1n) is 5.87. The van der Waals surface area contributed by atoms with Crippen LogP contribution in [-0.2, 0) is 0 Å². The van der Waals surface area contributed by atoms with Gasteiger partial charge in [-0.05, 0) is 37.3 Å². The molecule has 0 amide bonds. The number of benzene rings is 1. The second-order valence-corrected chi connectivity index (χ2v) is 4.76. The number of para-hydroxylation sites is 1. The van der Waals surface area contributed by atoms with Crippen molar-refractivity contribution in [2.45, 2.75) is 32.2 Å². The Morgan fingerprint density at radius 3 is 2.82 bits per heavy atom. The Balaban J connectivity index is 2.20. The van der Waals surface area contributed by atoms with Crippen LogP contribution in [0.3, 0.4) is 0 Å². The number of nitrogen functional groups attached to an aromatic ring is 1. The molecular formula is C12H17N3O2. The Morgan fingerprint density at radius 2 is 2.24 bits per heavy atom. The van der Waals surface area contributed by atoms with Crippen molar-refractivity contribution < 1.29 is 4.92 Å². The van der Waals surface area contributed by atoms with Crippen molar-refractivity contribution in [3.05, 3.63) is 28.3 Å². The summed E-state index contributed by atoms with van der Waals surface area (Å²) in [6.45, 7) is 2.20. The minimum absolute atomic E-state index is 0.00736. The van der Waals surface area contributed by atoms with Gasteiger partial charge in [0.05, 0.1) is 4.92 Å². The Labute approximate surface area is 100 Å². The first-order chi connectivity index (χ1) is 8.08. The highest BCUT2D eigenvalue weighted by Crippen LogP contribution is 2.34. The number of rotatable bonds is 3. The minimum Gasteiger partial charge on any atom is -0.393 e. The number of nitrogens with two attached hydrogens (primary N) is 1. The normalized spacial score (nSPS) is 23.6. The largest absolute Gasteiger partial charge is 0.393 e. The quantitative estimate of drug-likeness (QED) is 0.479. The SMILES string of the molecule is CC1CCC(Nc2cccc(N)c2[N+](=O)[O-])C1. The molecule has 0 heterocycles. The maximum absolute atomic E-state index is 11.0. The van der Waals surface area contributed by atoms with E-state index in [2.05, 4.69) is 12.2 Å². The van der Waals surface area contributed by atoms with Gasteiger partial charge < -0.3 is 11.1 Å². The Bertz CT molecular complexity index is 434. The molecule has 0 bridgehead atoms. The van der Waals surface area contributed by atoms with Crippen LogP contribution in [-0.4, -0.2) is 11.0 Å². The van der Waals surface area contributed by atoms with E-state index in [4.69, 9.17) is 5.73 Å². The fourth-order valence-electron chi connectivity index (χ4n) is 2.44. The standard InChI is InChI=1S/C12H17N3O2/c1-8-5-6-9(7-8)14-11-4-2-3-10(13)12(11)15(16)17/h2-4,8-9,14H,5-7,13H2,1H3. The Morgan fingerprint density at radius 1 is 1.47 bits per heavy atom. The highest BCUT2D eigenvalue weighted by atomic mass is 16.6. The summed E-state index contributed by atoms with van der Waals surface area (Å²) in [4.78, 5) is 10.5. The van der Waals surface area contributed by atoms with Crippen molar-refractivity contribution in [2.75, 3.05) is 11.1 Å². The Hall–Kier alpha value is -1.78. The van der Waals surface area contributed by atoms with E-state index in [0.717, 1.165) is 12.8 Å². The molecule has 1 aliphatic rings. The summed E-state index contributed by atoms with van der Waals surface area (Å²) in [5.74, 6) is 0.688. The molecule has 2 atom stereocenters. The fraction of sp³-hybridized carbons (Fsp3) is 0.500. The zero-order valence-electron chi connectivity index (χ0n) is 9.85. The maximum atomic E-state index is 11.0. The number of hydrogen-bond acceptors (Lipinski definition) is 4. The molecule has 17 heavy (non-hydrogen) atoms. The molecule has 1 aliphatic carbocycles. The number of anilines is 2. The van der Waals surface area contributed by atoms with Crippen molar-refractivity contribution in [3.8, 4) is 0 Å². The summed E-state index contributed by atoms with van der Waals surface area (Å²) < 4.78 is 0. The molecule has 1 aromatic rings. The van der Waals surface area contributed by atoms with Crippen LogP contribution in [0.2, 0.25) is 0 Å². The fourth-order valence-corrected chi connectivity index (χ4v) is 2.44. The second-order valence-electron chi connectivity index (χ2n) is 4.76. The van der Waals surface area contributed by atoms with E-state index in [9.17, 15) is 10.1 Å². The van der Waals surface area contributed by atoms with Crippen LogP contribution in [0.4, 0.5) is 17.1 Å². The molecule has 92 valence electrons. The molecule has 1 fully saturated rings. The van der Waals surface area contributed by atoms with E-state index < -0.39 is 4.92 Å². The first-order valence-corrected chi connectivity index (χ1v) is 5.87. The van der Waals surface area contributed by atoms with Gasteiger partial charge in [-0.3, -0.25) is 10.1 Å². The van der Waals surface area contributed by atoms with Gasteiger partial charge in [-0.2, -0.15) is 0 Å². The topological polar surface area (TPSA) is 81.2 Å². The van der Waals surface area contributed by atoms with Gasteiger partial charge in [0.1, 0.15) is 11.4 Å². The third-order valence-corrected chi connectivity index (χ3v) is 3.30. The van der Waals surface area contributed by atoms with Crippen LogP contribution in [0, 0.1) is 16.0 Å². The van der Waals surface area contributed by atoms with E-state index in [0.29, 0.717) is 17.6 Å². The summed E-state index contributed by atoms with van der Waals surface area (Å²) in [6.07, 6.45) is 3.30. The average molecular weight is 235 g/mol. The predicted octanol–water partition coefficient (Wildman–Crippen LogP) is 2.78. The van der Waals surface area contributed by atoms with Crippen LogP contribution in [0.1, 0.15) is 26.2 Å². The summed E-state index contributed by atoms with van der Waals surface area (Å²) >= 11 is 0. The molecule has 5 heteroatoms. The van der Waals surface area contributed by atoms with Crippen LogP contribution in [0.15, 0.2) is 18.2 Å². The van der Waals surface area contributed by atoms with Gasteiger partial charge in [-0.1, -0.05) is 13.0 Å². The van der Waals surface area contributed by atoms with Crippen molar-refractivity contribution in [1.29, 1.82) is 0 Å².